The highest BCUT2D eigenvalue weighted by Crippen LogP contribution is 2.49. The molecule has 2 aromatic heterocycles. The van der Waals surface area contributed by atoms with Crippen LogP contribution >= 0.6 is 0 Å². The van der Waals surface area contributed by atoms with Gasteiger partial charge in [0, 0.05) is 17.3 Å². The fourth-order valence-electron chi connectivity index (χ4n) is 4.46. The number of carbonyl (C=O) groups excluding carboxylic acids is 2. The maximum Gasteiger partial charge on any atom is 0.412 e. The summed E-state index contributed by atoms with van der Waals surface area (Å²) in [5.41, 5.74) is 4.68. The van der Waals surface area contributed by atoms with Crippen LogP contribution in [0.5, 0.6) is 0 Å². The Morgan fingerprint density at radius 1 is 1.03 bits per heavy atom. The smallest absolute Gasteiger partial charge is 0.412 e. The van der Waals surface area contributed by atoms with Crippen LogP contribution < -0.4 is 5.32 Å². The van der Waals surface area contributed by atoms with Crippen LogP contribution in [0.4, 0.5) is 10.5 Å². The number of hydrogen-bond donors (Lipinski definition) is 1. The lowest BCUT2D eigenvalue weighted by Gasteiger charge is -2.14. The van der Waals surface area contributed by atoms with Crippen molar-refractivity contribution in [2.45, 2.75) is 45.1 Å². The van der Waals surface area contributed by atoms with E-state index in [0.29, 0.717) is 29.3 Å². The first kappa shape index (κ1) is 25.2. The molecule has 1 atom stereocenters. The largest absolute Gasteiger partial charge is 0.465 e. The van der Waals surface area contributed by atoms with Gasteiger partial charge in [-0.15, -0.1) is 0 Å². The molecule has 1 fully saturated rings. The summed E-state index contributed by atoms with van der Waals surface area (Å²) >= 11 is 0. The van der Waals surface area contributed by atoms with Crippen molar-refractivity contribution in [3.8, 4) is 22.6 Å². The van der Waals surface area contributed by atoms with E-state index in [1.807, 2.05) is 80.6 Å². The third-order valence-electron chi connectivity index (χ3n) is 6.82. The Hall–Kier alpha value is -4.46. The van der Waals surface area contributed by atoms with Gasteiger partial charge < -0.3 is 14.0 Å². The summed E-state index contributed by atoms with van der Waals surface area (Å²) in [5.74, 6) is 0.242. The molecule has 4 aromatic rings. The van der Waals surface area contributed by atoms with Gasteiger partial charge in [0.2, 0.25) is 0 Å². The Morgan fingerprint density at radius 2 is 1.74 bits per heavy atom. The van der Waals surface area contributed by atoms with Crippen molar-refractivity contribution >= 4 is 17.7 Å². The van der Waals surface area contributed by atoms with Gasteiger partial charge in [-0.1, -0.05) is 59.8 Å². The maximum atomic E-state index is 12.6. The van der Waals surface area contributed by atoms with Crippen molar-refractivity contribution in [2.75, 3.05) is 11.9 Å². The summed E-state index contributed by atoms with van der Waals surface area (Å²) in [6, 6.07) is 21.1. The first-order chi connectivity index (χ1) is 18.4. The molecule has 5 rings (SSSR count). The lowest BCUT2D eigenvalue weighted by molar-refractivity contribution is -0.146. The van der Waals surface area contributed by atoms with Crippen LogP contribution in [0, 0.1) is 6.92 Å². The quantitative estimate of drug-likeness (QED) is 0.265. The van der Waals surface area contributed by atoms with Crippen molar-refractivity contribution in [3.05, 3.63) is 89.7 Å². The fourth-order valence-corrected chi connectivity index (χ4v) is 4.46. The average Bonchev–Trinajstić information content (AvgIpc) is 3.68. The van der Waals surface area contributed by atoms with Crippen LogP contribution in [0.15, 0.2) is 77.4 Å². The zero-order valence-corrected chi connectivity index (χ0v) is 21.6. The van der Waals surface area contributed by atoms with Crippen LogP contribution in [-0.4, -0.2) is 28.8 Å². The summed E-state index contributed by atoms with van der Waals surface area (Å²) in [5, 5.41) is 6.78. The lowest BCUT2D eigenvalue weighted by Crippen LogP contribution is -2.23. The van der Waals surface area contributed by atoms with E-state index in [1.54, 1.807) is 13.1 Å². The minimum atomic E-state index is -0.602. The van der Waals surface area contributed by atoms with Crippen LogP contribution in [0.3, 0.4) is 0 Å². The van der Waals surface area contributed by atoms with E-state index < -0.39 is 17.6 Å². The van der Waals surface area contributed by atoms with Gasteiger partial charge >= 0.3 is 12.1 Å². The van der Waals surface area contributed by atoms with E-state index in [9.17, 15) is 9.59 Å². The number of rotatable bonds is 8. The Kier molecular flexibility index (Phi) is 6.96. The Labute approximate surface area is 221 Å². The number of amides is 1. The van der Waals surface area contributed by atoms with Crippen molar-refractivity contribution < 1.29 is 23.6 Å². The number of hydrogen-bond acceptors (Lipinski definition) is 7. The summed E-state index contributed by atoms with van der Waals surface area (Å²) < 4.78 is 16.3. The number of esters is 1. The van der Waals surface area contributed by atoms with Crippen molar-refractivity contribution in [2.24, 2.45) is 0 Å². The zero-order valence-electron chi connectivity index (χ0n) is 21.6. The molecule has 1 aliphatic rings. The number of benzene rings is 2. The highest BCUT2D eigenvalue weighted by atomic mass is 16.6. The number of aryl methyl sites for hydroxylation is 1. The molecule has 194 valence electrons. The van der Waals surface area contributed by atoms with Gasteiger partial charge in [0.15, 0.2) is 5.76 Å². The predicted molar refractivity (Wildman–Crippen MR) is 142 cm³/mol. The second-order valence-corrected chi connectivity index (χ2v) is 9.37. The molecule has 2 aromatic carbocycles. The molecule has 1 unspecified atom stereocenters. The highest BCUT2D eigenvalue weighted by molar-refractivity contribution is 5.91. The second-order valence-electron chi connectivity index (χ2n) is 9.37. The molecule has 8 nitrogen and oxygen atoms in total. The fraction of sp³-hybridized carbons (Fsp3) is 0.267. The monoisotopic (exact) mass is 511 g/mol. The van der Waals surface area contributed by atoms with E-state index >= 15 is 0 Å². The van der Waals surface area contributed by atoms with Gasteiger partial charge in [0.25, 0.3) is 0 Å². The van der Waals surface area contributed by atoms with Crippen molar-refractivity contribution in [1.82, 2.24) is 10.1 Å². The Balaban J connectivity index is 1.29. The van der Waals surface area contributed by atoms with E-state index in [1.165, 1.54) is 0 Å². The van der Waals surface area contributed by atoms with Gasteiger partial charge in [-0.3, -0.25) is 15.1 Å². The minimum absolute atomic E-state index is 0.152. The van der Waals surface area contributed by atoms with E-state index in [2.05, 4.69) is 15.5 Å². The first-order valence-corrected chi connectivity index (χ1v) is 12.6. The van der Waals surface area contributed by atoms with Gasteiger partial charge in [-0.2, -0.15) is 0 Å². The molecule has 8 heteroatoms. The molecular formula is C30H29N3O5. The molecule has 0 saturated heterocycles. The van der Waals surface area contributed by atoms with Crippen LogP contribution in [0.2, 0.25) is 0 Å². The van der Waals surface area contributed by atoms with Gasteiger partial charge in [0.1, 0.15) is 17.5 Å². The average molecular weight is 512 g/mol. The first-order valence-electron chi connectivity index (χ1n) is 12.6. The molecular weight excluding hydrogens is 482 g/mol. The lowest BCUT2D eigenvalue weighted by atomic mass is 9.94. The summed E-state index contributed by atoms with van der Waals surface area (Å²) in [7, 11) is 0. The third-order valence-corrected chi connectivity index (χ3v) is 6.82. The summed E-state index contributed by atoms with van der Waals surface area (Å²) in [6.07, 6.45) is 2.27. The second kappa shape index (κ2) is 10.5. The maximum absolute atomic E-state index is 12.6. The third kappa shape index (κ3) is 5.02. The number of carbonyl (C=O) groups is 2. The van der Waals surface area contributed by atoms with E-state index in [-0.39, 0.29) is 5.97 Å². The summed E-state index contributed by atoms with van der Waals surface area (Å²) in [4.78, 5) is 29.6. The van der Waals surface area contributed by atoms with Crippen LogP contribution in [-0.2, 0) is 19.7 Å². The van der Waals surface area contributed by atoms with Crippen molar-refractivity contribution in [1.29, 1.82) is 0 Å². The highest BCUT2D eigenvalue weighted by Gasteiger charge is 2.52. The Morgan fingerprint density at radius 3 is 2.37 bits per heavy atom. The topological polar surface area (TPSA) is 104 Å². The minimum Gasteiger partial charge on any atom is -0.465 e. The molecule has 0 aliphatic heterocycles. The van der Waals surface area contributed by atoms with Crippen LogP contribution in [0.1, 0.15) is 49.6 Å². The number of ether oxygens (including phenoxy) is 2. The Bertz CT molecular complexity index is 1430. The zero-order chi connectivity index (χ0) is 26.7. The number of nitrogens with zero attached hydrogens (tertiary/aromatic N) is 2. The summed E-state index contributed by atoms with van der Waals surface area (Å²) in [6.45, 7) is 5.76. The van der Waals surface area contributed by atoms with Gasteiger partial charge in [-0.05, 0) is 56.9 Å². The molecule has 0 radical (unpaired) electrons. The number of aromatic nitrogens is 2. The molecule has 1 aliphatic carbocycles. The number of pyridine rings is 1. The normalized spacial score (nSPS) is 14.4. The molecule has 1 N–H and O–H groups in total. The SMILES string of the molecule is CCOC(=O)C1(c2ccc(-c3ccc(-c4onc(C)c4NC(=O)OC(C)c4ccccc4)cn3)cc2)CC1. The van der Waals surface area contributed by atoms with Gasteiger partial charge in [-0.25, -0.2) is 4.79 Å². The van der Waals surface area contributed by atoms with Crippen LogP contribution in [0.25, 0.3) is 22.6 Å². The molecule has 0 bridgehead atoms. The van der Waals surface area contributed by atoms with Gasteiger partial charge in [0.05, 0.1) is 17.7 Å². The van der Waals surface area contributed by atoms with E-state index in [0.717, 1.165) is 35.2 Å². The molecule has 2 heterocycles. The molecule has 1 amide bonds. The van der Waals surface area contributed by atoms with Crippen molar-refractivity contribution in [3.63, 3.8) is 0 Å². The number of anilines is 1. The van der Waals surface area contributed by atoms with E-state index in [4.69, 9.17) is 14.0 Å². The predicted octanol–water partition coefficient (Wildman–Crippen LogP) is 6.62. The molecule has 38 heavy (non-hydrogen) atoms. The molecule has 0 spiro atoms. The molecule has 1 saturated carbocycles. The standard InChI is InChI=1S/C30H29N3O5/c1-4-36-28(34)30(16-17-30)24-13-10-22(11-14-24)25-15-12-23(18-31-25)27-26(19(2)33-38-27)32-29(35)37-20(3)21-8-6-5-7-9-21/h5-15,18,20H,4,16-17H2,1-3H3,(H,32,35). The number of nitrogens with one attached hydrogen (secondary N) is 1.